The Morgan fingerprint density at radius 3 is 2.62 bits per heavy atom. The van der Waals surface area contributed by atoms with Crippen LogP contribution >= 0.6 is 17.0 Å². The number of benzene rings is 1. The molecule has 1 aliphatic carbocycles. The number of carboxylic acid groups (broad SMARTS) is 1. The molecule has 1 aromatic heterocycles. The van der Waals surface area contributed by atoms with Crippen molar-refractivity contribution in [3.63, 3.8) is 0 Å². The summed E-state index contributed by atoms with van der Waals surface area (Å²) in [5, 5.41) is 23.4. The minimum Gasteiger partial charge on any atom is -0.481 e. The minimum absolute atomic E-state index is 0. The highest BCUT2D eigenvalue weighted by molar-refractivity contribution is 8.93. The van der Waals surface area contributed by atoms with E-state index in [4.69, 9.17) is 0 Å². The van der Waals surface area contributed by atoms with Gasteiger partial charge in [-0.1, -0.05) is 6.42 Å². The summed E-state index contributed by atoms with van der Waals surface area (Å²) in [6, 6.07) is 2.22. The Labute approximate surface area is 156 Å². The maximum atomic E-state index is 11.6. The number of carbonyl (C=O) groups is 1. The molecule has 0 saturated heterocycles. The third kappa shape index (κ3) is 3.83. The van der Waals surface area contributed by atoms with Crippen LogP contribution in [0.3, 0.4) is 0 Å². The van der Waals surface area contributed by atoms with Crippen LogP contribution in [0, 0.1) is 16.0 Å². The first-order valence-electron chi connectivity index (χ1n) is 7.76. The molecule has 26 heavy (non-hydrogen) atoms. The predicted octanol–water partition coefficient (Wildman–Crippen LogP) is 1.05. The summed E-state index contributed by atoms with van der Waals surface area (Å²) in [6.45, 7) is 0.134. The molecule has 0 bridgehead atoms. The lowest BCUT2D eigenvalue weighted by Gasteiger charge is -2.18. The number of non-ortho nitro benzene ring substituents is 1. The van der Waals surface area contributed by atoms with Gasteiger partial charge in [0.05, 0.1) is 21.9 Å². The average Bonchev–Trinajstić information content (AvgIpc) is 3.02. The van der Waals surface area contributed by atoms with Crippen molar-refractivity contribution in [1.29, 1.82) is 0 Å². The molecule has 0 unspecified atom stereocenters. The SMILES string of the molecule is Br.O=C(O)[C@@H]1CCC[C@@H]1NCc1cc([N+](=O)[O-])cc2[nH]c(=O)c(=O)[nH]c12. The zero-order chi connectivity index (χ0) is 18.1. The van der Waals surface area contributed by atoms with E-state index in [2.05, 4.69) is 15.3 Å². The van der Waals surface area contributed by atoms with E-state index in [1.54, 1.807) is 0 Å². The van der Waals surface area contributed by atoms with Gasteiger partial charge < -0.3 is 20.4 Å². The van der Waals surface area contributed by atoms with Crippen molar-refractivity contribution in [2.75, 3.05) is 0 Å². The average molecular weight is 429 g/mol. The zero-order valence-corrected chi connectivity index (χ0v) is 15.2. The van der Waals surface area contributed by atoms with Gasteiger partial charge in [-0.05, 0) is 18.4 Å². The van der Waals surface area contributed by atoms with Crippen molar-refractivity contribution in [3.8, 4) is 0 Å². The van der Waals surface area contributed by atoms with Gasteiger partial charge in [0.1, 0.15) is 0 Å². The molecule has 140 valence electrons. The van der Waals surface area contributed by atoms with Gasteiger partial charge in [0.2, 0.25) is 0 Å². The number of carboxylic acids is 1. The molecule has 10 nitrogen and oxygen atoms in total. The van der Waals surface area contributed by atoms with Crippen LogP contribution in [0.2, 0.25) is 0 Å². The number of nitrogens with zero attached hydrogens (tertiary/aromatic N) is 1. The molecule has 0 spiro atoms. The van der Waals surface area contributed by atoms with Gasteiger partial charge in [-0.25, -0.2) is 0 Å². The molecule has 0 aliphatic heterocycles. The number of aliphatic carboxylic acids is 1. The second kappa shape index (κ2) is 7.79. The smallest absolute Gasteiger partial charge is 0.314 e. The van der Waals surface area contributed by atoms with Crippen LogP contribution in [0.25, 0.3) is 11.0 Å². The molecular formula is C15H17BrN4O6. The number of aromatic amines is 2. The number of fused-ring (bicyclic) bond motifs is 1. The fraction of sp³-hybridized carbons (Fsp3) is 0.400. The number of nitrogens with one attached hydrogen (secondary N) is 3. The number of nitro benzene ring substituents is 1. The quantitative estimate of drug-likeness (QED) is 0.314. The lowest BCUT2D eigenvalue weighted by atomic mass is 10.0. The Balaban J connectivity index is 0.00000243. The number of hydrogen-bond donors (Lipinski definition) is 4. The first-order valence-corrected chi connectivity index (χ1v) is 7.76. The van der Waals surface area contributed by atoms with E-state index in [0.29, 0.717) is 18.4 Å². The first kappa shape index (κ1) is 19.8. The van der Waals surface area contributed by atoms with E-state index in [1.165, 1.54) is 12.1 Å². The molecule has 1 fully saturated rings. The van der Waals surface area contributed by atoms with E-state index >= 15 is 0 Å². The van der Waals surface area contributed by atoms with Crippen molar-refractivity contribution in [2.24, 2.45) is 5.92 Å². The van der Waals surface area contributed by atoms with Crippen molar-refractivity contribution >= 4 is 39.7 Å². The summed E-state index contributed by atoms with van der Waals surface area (Å²) in [4.78, 5) is 49.5. The summed E-state index contributed by atoms with van der Waals surface area (Å²) in [6.07, 6.45) is 2.05. The van der Waals surface area contributed by atoms with Crippen molar-refractivity contribution in [3.05, 3.63) is 48.5 Å². The topological polar surface area (TPSA) is 158 Å². The van der Waals surface area contributed by atoms with Gasteiger partial charge in [-0.3, -0.25) is 24.5 Å². The highest BCUT2D eigenvalue weighted by Crippen LogP contribution is 2.27. The maximum Gasteiger partial charge on any atom is 0.314 e. The minimum atomic E-state index is -0.895. The fourth-order valence-electron chi connectivity index (χ4n) is 3.27. The van der Waals surface area contributed by atoms with E-state index in [-0.39, 0.29) is 46.3 Å². The van der Waals surface area contributed by atoms with Crippen molar-refractivity contribution in [2.45, 2.75) is 31.8 Å². The van der Waals surface area contributed by atoms with E-state index in [0.717, 1.165) is 6.42 Å². The van der Waals surface area contributed by atoms with Crippen LogP contribution in [0.1, 0.15) is 24.8 Å². The zero-order valence-electron chi connectivity index (χ0n) is 13.5. The second-order valence-corrected chi connectivity index (χ2v) is 6.06. The lowest BCUT2D eigenvalue weighted by molar-refractivity contribution is -0.384. The molecular weight excluding hydrogens is 412 g/mol. The Bertz CT molecular complexity index is 969. The summed E-state index contributed by atoms with van der Waals surface area (Å²) in [7, 11) is 0. The normalized spacial score (nSPS) is 19.2. The molecule has 2 aromatic rings. The predicted molar refractivity (Wildman–Crippen MR) is 97.8 cm³/mol. The lowest BCUT2D eigenvalue weighted by Crippen LogP contribution is -2.36. The Morgan fingerprint density at radius 2 is 1.96 bits per heavy atom. The highest BCUT2D eigenvalue weighted by atomic mass is 79.9. The van der Waals surface area contributed by atoms with Gasteiger partial charge in [-0.2, -0.15) is 0 Å². The number of rotatable bonds is 5. The third-order valence-corrected chi connectivity index (χ3v) is 4.50. The van der Waals surface area contributed by atoms with Crippen LogP contribution < -0.4 is 16.4 Å². The van der Waals surface area contributed by atoms with Crippen LogP contribution in [0.5, 0.6) is 0 Å². The summed E-state index contributed by atoms with van der Waals surface area (Å²) in [5.41, 5.74) is -1.13. The summed E-state index contributed by atoms with van der Waals surface area (Å²) in [5.74, 6) is -1.39. The Morgan fingerprint density at radius 1 is 1.27 bits per heavy atom. The first-order chi connectivity index (χ1) is 11.9. The molecule has 0 radical (unpaired) electrons. The molecule has 11 heteroatoms. The number of nitro groups is 1. The molecule has 1 aliphatic rings. The van der Waals surface area contributed by atoms with Crippen molar-refractivity contribution in [1.82, 2.24) is 15.3 Å². The number of aromatic nitrogens is 2. The van der Waals surface area contributed by atoms with Crippen LogP contribution in [-0.4, -0.2) is 32.0 Å². The van der Waals surface area contributed by atoms with Gasteiger partial charge in [0.25, 0.3) is 5.69 Å². The largest absolute Gasteiger partial charge is 0.481 e. The fourth-order valence-corrected chi connectivity index (χ4v) is 3.27. The van der Waals surface area contributed by atoms with E-state index in [9.17, 15) is 29.6 Å². The summed E-state index contributed by atoms with van der Waals surface area (Å²) < 4.78 is 0. The third-order valence-electron chi connectivity index (χ3n) is 4.50. The molecule has 0 amide bonds. The molecule has 1 saturated carbocycles. The summed E-state index contributed by atoms with van der Waals surface area (Å²) >= 11 is 0. The van der Waals surface area contributed by atoms with Crippen LogP contribution in [0.15, 0.2) is 21.7 Å². The standard InChI is InChI=1S/C15H16N4O6.BrH/c20-13-14(21)18-12-7(4-8(19(24)25)5-11(12)17-13)6-16-10-3-1-2-9(10)15(22)23;/h4-5,9-10,16H,1-3,6H2,(H,17,20)(H,18,21)(H,22,23);1H/t9-,10+;/m1./s1. The molecule has 2 atom stereocenters. The number of H-pyrrole nitrogens is 2. The van der Waals surface area contributed by atoms with Crippen molar-refractivity contribution < 1.29 is 14.8 Å². The van der Waals surface area contributed by atoms with Crippen LogP contribution in [-0.2, 0) is 11.3 Å². The van der Waals surface area contributed by atoms with Gasteiger partial charge in [-0.15, -0.1) is 17.0 Å². The number of halogens is 1. The Kier molecular flexibility index (Phi) is 5.93. The van der Waals surface area contributed by atoms with Gasteiger partial charge in [0, 0.05) is 24.7 Å². The molecule has 1 heterocycles. The van der Waals surface area contributed by atoms with Gasteiger partial charge >= 0.3 is 17.1 Å². The monoisotopic (exact) mass is 428 g/mol. The van der Waals surface area contributed by atoms with E-state index in [1.807, 2.05) is 0 Å². The molecule has 1 aromatic carbocycles. The molecule has 4 N–H and O–H groups in total. The van der Waals surface area contributed by atoms with E-state index < -0.39 is 27.9 Å². The molecule has 3 rings (SSSR count). The second-order valence-electron chi connectivity index (χ2n) is 6.06. The number of hydrogen-bond acceptors (Lipinski definition) is 6. The Hall–Kier alpha value is -2.53. The maximum absolute atomic E-state index is 11.6. The van der Waals surface area contributed by atoms with Crippen LogP contribution in [0.4, 0.5) is 5.69 Å². The van der Waals surface area contributed by atoms with Gasteiger partial charge in [0.15, 0.2) is 0 Å². The highest BCUT2D eigenvalue weighted by Gasteiger charge is 2.32.